The Hall–Kier alpha value is -2.04. The predicted molar refractivity (Wildman–Crippen MR) is 52.3 cm³/mol. The second-order valence-electron chi connectivity index (χ2n) is 2.58. The van der Waals surface area contributed by atoms with Crippen molar-refractivity contribution >= 4 is 0 Å². The molecule has 1 aromatic heterocycles. The van der Waals surface area contributed by atoms with Crippen molar-refractivity contribution in [2.75, 3.05) is 6.54 Å². The largest absolute Gasteiger partial charge is 0.330 e. The lowest BCUT2D eigenvalue weighted by molar-refractivity contribution is 1.03. The van der Waals surface area contributed by atoms with Gasteiger partial charge in [-0.05, 0) is 6.07 Å². The van der Waals surface area contributed by atoms with Gasteiger partial charge in [-0.15, -0.1) is 0 Å². The number of nitriles is 1. The third-order valence-electron chi connectivity index (χ3n) is 1.53. The number of hydrogen-bond donors (Lipinski definition) is 2. The summed E-state index contributed by atoms with van der Waals surface area (Å²) in [5.41, 5.74) is 5.56. The van der Waals surface area contributed by atoms with Crippen molar-refractivity contribution in [2.45, 2.75) is 6.42 Å². The number of nitrogens with two attached hydrogens (primary N) is 1. The molecular formula is C10H9N3O. The maximum absolute atomic E-state index is 11.0. The zero-order valence-corrected chi connectivity index (χ0v) is 7.50. The summed E-state index contributed by atoms with van der Waals surface area (Å²) in [4.78, 5) is 13.4. The molecule has 1 rings (SSSR count). The normalized spacial score (nSPS) is 8.57. The minimum atomic E-state index is -0.392. The molecule has 0 saturated heterocycles. The maximum atomic E-state index is 11.0. The van der Waals surface area contributed by atoms with E-state index in [1.807, 2.05) is 0 Å². The highest BCUT2D eigenvalue weighted by Gasteiger charge is 1.97. The van der Waals surface area contributed by atoms with Gasteiger partial charge in [-0.25, -0.2) is 0 Å². The van der Waals surface area contributed by atoms with Crippen molar-refractivity contribution in [3.05, 3.63) is 33.7 Å². The fraction of sp³-hybridized carbons (Fsp3) is 0.200. The first-order valence-corrected chi connectivity index (χ1v) is 4.09. The van der Waals surface area contributed by atoms with Gasteiger partial charge < -0.3 is 10.7 Å². The highest BCUT2D eigenvalue weighted by atomic mass is 16.1. The molecule has 0 aliphatic heterocycles. The molecule has 0 unspecified atom stereocenters. The minimum Gasteiger partial charge on any atom is -0.330 e. The van der Waals surface area contributed by atoms with E-state index in [1.165, 1.54) is 12.3 Å². The molecule has 0 amide bonds. The van der Waals surface area contributed by atoms with E-state index < -0.39 is 5.56 Å². The molecule has 0 aromatic carbocycles. The van der Waals surface area contributed by atoms with Gasteiger partial charge in [-0.1, -0.05) is 11.8 Å². The zero-order chi connectivity index (χ0) is 10.4. The Morgan fingerprint density at radius 3 is 3.00 bits per heavy atom. The molecule has 14 heavy (non-hydrogen) atoms. The van der Waals surface area contributed by atoms with Crippen LogP contribution in [0.5, 0.6) is 0 Å². The average Bonchev–Trinajstić information content (AvgIpc) is 2.21. The van der Waals surface area contributed by atoms with E-state index in [-0.39, 0.29) is 5.56 Å². The molecule has 0 radical (unpaired) electrons. The molecule has 4 heteroatoms. The summed E-state index contributed by atoms with van der Waals surface area (Å²) >= 11 is 0. The monoisotopic (exact) mass is 187 g/mol. The third-order valence-corrected chi connectivity index (χ3v) is 1.53. The number of hydrogen-bond acceptors (Lipinski definition) is 3. The molecule has 70 valence electrons. The Kier molecular flexibility index (Phi) is 3.49. The van der Waals surface area contributed by atoms with Gasteiger partial charge in [0, 0.05) is 24.7 Å². The molecule has 0 atom stereocenters. The lowest BCUT2D eigenvalue weighted by Crippen LogP contribution is -2.09. The summed E-state index contributed by atoms with van der Waals surface area (Å²) in [6, 6.07) is 3.25. The Labute approximate surface area is 81.4 Å². The van der Waals surface area contributed by atoms with Gasteiger partial charge in [-0.3, -0.25) is 4.79 Å². The van der Waals surface area contributed by atoms with E-state index in [1.54, 1.807) is 6.07 Å². The molecule has 0 aliphatic rings. The average molecular weight is 187 g/mol. The van der Waals surface area contributed by atoms with Crippen molar-refractivity contribution in [1.82, 2.24) is 4.98 Å². The van der Waals surface area contributed by atoms with Crippen LogP contribution in [0, 0.1) is 23.2 Å². The van der Waals surface area contributed by atoms with E-state index in [0.717, 1.165) is 0 Å². The van der Waals surface area contributed by atoms with Gasteiger partial charge in [0.25, 0.3) is 5.56 Å². The molecule has 1 aromatic rings. The Bertz CT molecular complexity index is 471. The topological polar surface area (TPSA) is 82.7 Å². The summed E-state index contributed by atoms with van der Waals surface area (Å²) in [5, 5.41) is 8.58. The summed E-state index contributed by atoms with van der Waals surface area (Å²) < 4.78 is 0. The van der Waals surface area contributed by atoms with Crippen LogP contribution in [0.15, 0.2) is 17.1 Å². The number of aromatic nitrogens is 1. The van der Waals surface area contributed by atoms with Gasteiger partial charge in [0.2, 0.25) is 0 Å². The van der Waals surface area contributed by atoms with E-state index in [9.17, 15) is 4.79 Å². The van der Waals surface area contributed by atoms with Crippen LogP contribution in [0.1, 0.15) is 17.5 Å². The molecule has 4 nitrogen and oxygen atoms in total. The van der Waals surface area contributed by atoms with Crippen molar-refractivity contribution in [2.24, 2.45) is 5.73 Å². The first kappa shape index (κ1) is 10.0. The highest BCUT2D eigenvalue weighted by molar-refractivity contribution is 5.38. The number of H-pyrrole nitrogens is 1. The summed E-state index contributed by atoms with van der Waals surface area (Å²) in [6.07, 6.45) is 2.08. The fourth-order valence-corrected chi connectivity index (χ4v) is 0.876. The van der Waals surface area contributed by atoms with Crippen molar-refractivity contribution < 1.29 is 0 Å². The van der Waals surface area contributed by atoms with Gasteiger partial charge in [0.1, 0.15) is 11.6 Å². The molecule has 1 heterocycles. The minimum absolute atomic E-state index is 0.0737. The second-order valence-corrected chi connectivity index (χ2v) is 2.58. The van der Waals surface area contributed by atoms with Crippen LogP contribution in [0.3, 0.4) is 0 Å². The van der Waals surface area contributed by atoms with Gasteiger partial charge >= 0.3 is 0 Å². The van der Waals surface area contributed by atoms with Crippen LogP contribution >= 0.6 is 0 Å². The Morgan fingerprint density at radius 2 is 2.36 bits per heavy atom. The number of nitrogens with zero attached hydrogens (tertiary/aromatic N) is 1. The number of aromatic amines is 1. The van der Waals surface area contributed by atoms with Crippen LogP contribution < -0.4 is 11.3 Å². The van der Waals surface area contributed by atoms with Crippen LogP contribution in [0.25, 0.3) is 0 Å². The van der Waals surface area contributed by atoms with Crippen LogP contribution in [-0.4, -0.2) is 11.5 Å². The number of pyridine rings is 1. The van der Waals surface area contributed by atoms with Gasteiger partial charge in [-0.2, -0.15) is 5.26 Å². The van der Waals surface area contributed by atoms with Crippen LogP contribution in [-0.2, 0) is 0 Å². The molecule has 0 saturated carbocycles. The maximum Gasteiger partial charge on any atom is 0.265 e. The summed E-state index contributed by atoms with van der Waals surface area (Å²) in [7, 11) is 0. The molecule has 0 spiro atoms. The third kappa shape index (κ3) is 2.48. The first-order chi connectivity index (χ1) is 6.77. The first-order valence-electron chi connectivity index (χ1n) is 4.09. The Morgan fingerprint density at radius 1 is 1.57 bits per heavy atom. The summed E-state index contributed by atoms with van der Waals surface area (Å²) in [6.45, 7) is 0.501. The molecule has 0 aliphatic carbocycles. The smallest absolute Gasteiger partial charge is 0.265 e. The second kappa shape index (κ2) is 4.86. The summed E-state index contributed by atoms with van der Waals surface area (Å²) in [5.74, 6) is 5.61. The van der Waals surface area contributed by atoms with E-state index >= 15 is 0 Å². The van der Waals surface area contributed by atoms with Crippen molar-refractivity contribution in [3.63, 3.8) is 0 Å². The lowest BCUT2D eigenvalue weighted by atomic mass is 10.2. The van der Waals surface area contributed by atoms with Crippen LogP contribution in [0.4, 0.5) is 0 Å². The standard InChI is InChI=1S/C10H9N3O/c11-4-2-1-3-8-5-9(6-12)10(14)13-7-8/h5,7H,2,4,11H2,(H,13,14). The molecule has 0 fully saturated rings. The zero-order valence-electron chi connectivity index (χ0n) is 7.50. The van der Waals surface area contributed by atoms with Gasteiger partial charge in [0.15, 0.2) is 0 Å². The number of nitrogens with one attached hydrogen (secondary N) is 1. The van der Waals surface area contributed by atoms with Crippen molar-refractivity contribution in [1.29, 1.82) is 5.26 Å². The fourth-order valence-electron chi connectivity index (χ4n) is 0.876. The lowest BCUT2D eigenvalue weighted by Gasteiger charge is -1.90. The highest BCUT2D eigenvalue weighted by Crippen LogP contribution is 1.94. The quantitative estimate of drug-likeness (QED) is 0.604. The van der Waals surface area contributed by atoms with E-state index in [0.29, 0.717) is 18.5 Å². The molecule has 0 bridgehead atoms. The Balaban J connectivity index is 2.99. The van der Waals surface area contributed by atoms with Crippen LogP contribution in [0.2, 0.25) is 0 Å². The van der Waals surface area contributed by atoms with E-state index in [4.69, 9.17) is 11.0 Å². The molecular weight excluding hydrogens is 178 g/mol. The predicted octanol–water partition coefficient (Wildman–Crippen LogP) is -0.0531. The SMILES string of the molecule is N#Cc1cc(C#CCCN)c[nH]c1=O. The number of rotatable bonds is 1. The van der Waals surface area contributed by atoms with E-state index in [2.05, 4.69) is 16.8 Å². The molecule has 3 N–H and O–H groups in total. The van der Waals surface area contributed by atoms with Crippen molar-refractivity contribution in [3.8, 4) is 17.9 Å². The van der Waals surface area contributed by atoms with Gasteiger partial charge in [0.05, 0.1) is 0 Å².